The first-order valence-electron chi connectivity index (χ1n) is 4.76. The Morgan fingerprint density at radius 1 is 1.44 bits per heavy atom. The van der Waals surface area contributed by atoms with Crippen LogP contribution in [0.5, 0.6) is 5.75 Å². The van der Waals surface area contributed by atoms with Crippen molar-refractivity contribution in [3.05, 3.63) is 41.5 Å². The van der Waals surface area contributed by atoms with Crippen molar-refractivity contribution in [2.75, 3.05) is 0 Å². The summed E-state index contributed by atoms with van der Waals surface area (Å²) in [4.78, 5) is 0. The first kappa shape index (κ1) is 12.5. The number of pyridine rings is 1. The molecule has 0 amide bonds. The standard InChI is InChI=1S/C11H12N2O2.ClH/c1-8-11(9(2)15-12-8)7-13-5-3-4-10(14)6-13;/h3-6H,7H2,1-2H3;1H. The molecule has 0 aliphatic rings. The fourth-order valence-electron chi connectivity index (χ4n) is 1.52. The Balaban J connectivity index is 0.00000128. The van der Waals surface area contributed by atoms with Crippen molar-refractivity contribution < 1.29 is 26.6 Å². The molecule has 0 atom stereocenters. The van der Waals surface area contributed by atoms with Gasteiger partial charge in [0.15, 0.2) is 18.5 Å². The normalized spacial score (nSPS) is 9.88. The third kappa shape index (κ3) is 2.52. The van der Waals surface area contributed by atoms with E-state index in [4.69, 9.17) is 4.52 Å². The zero-order chi connectivity index (χ0) is 10.8. The highest BCUT2D eigenvalue weighted by Crippen LogP contribution is 2.11. The van der Waals surface area contributed by atoms with Gasteiger partial charge in [-0.2, -0.15) is 4.57 Å². The van der Waals surface area contributed by atoms with E-state index in [1.807, 2.05) is 24.6 Å². The molecule has 4 nitrogen and oxygen atoms in total. The first-order chi connectivity index (χ1) is 7.16. The van der Waals surface area contributed by atoms with Gasteiger partial charge in [-0.25, -0.2) is 0 Å². The number of aromatic hydroxyl groups is 1. The number of rotatable bonds is 2. The minimum Gasteiger partial charge on any atom is -1.00 e. The lowest BCUT2D eigenvalue weighted by atomic mass is 10.2. The first-order valence-corrected chi connectivity index (χ1v) is 4.76. The fraction of sp³-hybridized carbons (Fsp3) is 0.273. The Labute approximate surface area is 99.9 Å². The summed E-state index contributed by atoms with van der Waals surface area (Å²) >= 11 is 0. The summed E-state index contributed by atoms with van der Waals surface area (Å²) in [6.45, 7) is 4.46. The predicted octanol–water partition coefficient (Wildman–Crippen LogP) is -1.66. The van der Waals surface area contributed by atoms with E-state index in [2.05, 4.69) is 5.16 Å². The van der Waals surface area contributed by atoms with Crippen LogP contribution in [0.3, 0.4) is 0 Å². The molecule has 5 heteroatoms. The molecule has 0 spiro atoms. The third-order valence-electron chi connectivity index (χ3n) is 2.36. The monoisotopic (exact) mass is 240 g/mol. The molecule has 0 saturated carbocycles. The Kier molecular flexibility index (Phi) is 3.90. The van der Waals surface area contributed by atoms with Gasteiger partial charge in [-0.15, -0.1) is 0 Å². The summed E-state index contributed by atoms with van der Waals surface area (Å²) in [6, 6.07) is 3.44. The molecule has 2 aromatic heterocycles. The Morgan fingerprint density at radius 2 is 2.19 bits per heavy atom. The lowest BCUT2D eigenvalue weighted by Crippen LogP contribution is -3.00. The van der Waals surface area contributed by atoms with Crippen LogP contribution in [0.2, 0.25) is 0 Å². The van der Waals surface area contributed by atoms with Crippen molar-refractivity contribution in [1.29, 1.82) is 0 Å². The molecule has 0 radical (unpaired) electrons. The molecule has 0 aromatic carbocycles. The smallest absolute Gasteiger partial charge is 0.211 e. The molecule has 2 aromatic rings. The Bertz CT molecular complexity index is 463. The molecule has 0 aliphatic heterocycles. The second-order valence-electron chi connectivity index (χ2n) is 3.54. The number of aryl methyl sites for hydroxylation is 2. The van der Waals surface area contributed by atoms with Crippen molar-refractivity contribution in [3.63, 3.8) is 0 Å². The molecule has 1 N–H and O–H groups in total. The minimum atomic E-state index is 0. The van der Waals surface area contributed by atoms with E-state index in [9.17, 15) is 5.11 Å². The molecule has 0 bridgehead atoms. The van der Waals surface area contributed by atoms with Gasteiger partial charge in [0.05, 0.1) is 11.3 Å². The molecule has 86 valence electrons. The van der Waals surface area contributed by atoms with Crippen molar-refractivity contribution in [3.8, 4) is 5.75 Å². The predicted molar refractivity (Wildman–Crippen MR) is 53.4 cm³/mol. The molecule has 0 saturated heterocycles. The van der Waals surface area contributed by atoms with Gasteiger partial charge >= 0.3 is 0 Å². The van der Waals surface area contributed by atoms with Gasteiger partial charge in [-0.1, -0.05) is 5.16 Å². The number of hydrogen-bond donors (Lipinski definition) is 1. The molecular formula is C11H13ClN2O2. The van der Waals surface area contributed by atoms with Gasteiger partial charge in [-0.05, 0) is 19.9 Å². The summed E-state index contributed by atoms with van der Waals surface area (Å²) in [5, 5.41) is 13.2. The van der Waals surface area contributed by atoms with Crippen LogP contribution in [0, 0.1) is 13.8 Å². The molecule has 0 unspecified atom stereocenters. The van der Waals surface area contributed by atoms with E-state index in [1.165, 1.54) is 0 Å². The highest BCUT2D eigenvalue weighted by molar-refractivity contribution is 5.19. The van der Waals surface area contributed by atoms with E-state index in [0.717, 1.165) is 17.0 Å². The van der Waals surface area contributed by atoms with Crippen LogP contribution in [-0.4, -0.2) is 10.3 Å². The maximum atomic E-state index is 9.32. The van der Waals surface area contributed by atoms with Crippen molar-refractivity contribution in [2.24, 2.45) is 0 Å². The maximum Gasteiger partial charge on any atom is 0.211 e. The van der Waals surface area contributed by atoms with Crippen LogP contribution >= 0.6 is 0 Å². The highest BCUT2D eigenvalue weighted by Gasteiger charge is 2.13. The van der Waals surface area contributed by atoms with Gasteiger partial charge in [0.25, 0.3) is 0 Å². The van der Waals surface area contributed by atoms with Gasteiger partial charge in [0, 0.05) is 6.07 Å². The van der Waals surface area contributed by atoms with Crippen molar-refractivity contribution in [1.82, 2.24) is 5.16 Å². The summed E-state index contributed by atoms with van der Waals surface area (Å²) in [7, 11) is 0. The van der Waals surface area contributed by atoms with Crippen molar-refractivity contribution >= 4 is 0 Å². The Hall–Kier alpha value is -1.55. The minimum absolute atomic E-state index is 0. The summed E-state index contributed by atoms with van der Waals surface area (Å²) < 4.78 is 6.96. The zero-order valence-electron chi connectivity index (χ0n) is 9.14. The van der Waals surface area contributed by atoms with Crippen LogP contribution in [0.4, 0.5) is 0 Å². The van der Waals surface area contributed by atoms with Gasteiger partial charge in [-0.3, -0.25) is 0 Å². The van der Waals surface area contributed by atoms with Gasteiger partial charge < -0.3 is 22.0 Å². The topological polar surface area (TPSA) is 50.1 Å². The number of aromatic nitrogens is 2. The Morgan fingerprint density at radius 3 is 2.75 bits per heavy atom. The van der Waals surface area contributed by atoms with Crippen LogP contribution in [0.15, 0.2) is 29.0 Å². The third-order valence-corrected chi connectivity index (χ3v) is 2.36. The molecular weight excluding hydrogens is 228 g/mol. The average molecular weight is 241 g/mol. The highest BCUT2D eigenvalue weighted by atomic mass is 35.5. The number of nitrogens with zero attached hydrogens (tertiary/aromatic N) is 2. The molecule has 0 aliphatic carbocycles. The number of halogens is 1. The van der Waals surface area contributed by atoms with Gasteiger partial charge in [0.2, 0.25) is 6.20 Å². The van der Waals surface area contributed by atoms with E-state index >= 15 is 0 Å². The van der Waals surface area contributed by atoms with Crippen LogP contribution < -0.4 is 17.0 Å². The van der Waals surface area contributed by atoms with Gasteiger partial charge in [0.1, 0.15) is 5.76 Å². The summed E-state index contributed by atoms with van der Waals surface area (Å²) in [6.07, 6.45) is 3.57. The second-order valence-corrected chi connectivity index (χ2v) is 3.54. The maximum absolute atomic E-state index is 9.32. The van der Waals surface area contributed by atoms with E-state index in [1.54, 1.807) is 18.3 Å². The van der Waals surface area contributed by atoms with Crippen molar-refractivity contribution in [2.45, 2.75) is 20.4 Å². The molecule has 0 fully saturated rings. The van der Waals surface area contributed by atoms with E-state index in [-0.39, 0.29) is 18.2 Å². The quantitative estimate of drug-likeness (QED) is 0.640. The van der Waals surface area contributed by atoms with Crippen LogP contribution in [0.1, 0.15) is 17.0 Å². The second kappa shape index (κ2) is 4.99. The SMILES string of the molecule is Cc1noc(C)c1C[n+]1cccc(O)c1.[Cl-]. The summed E-state index contributed by atoms with van der Waals surface area (Å²) in [5.74, 6) is 1.08. The van der Waals surface area contributed by atoms with E-state index in [0.29, 0.717) is 6.54 Å². The summed E-state index contributed by atoms with van der Waals surface area (Å²) in [5.41, 5.74) is 1.95. The van der Waals surface area contributed by atoms with Crippen LogP contribution in [-0.2, 0) is 6.54 Å². The average Bonchev–Trinajstić information content (AvgIpc) is 2.50. The molecule has 16 heavy (non-hydrogen) atoms. The fourth-order valence-corrected chi connectivity index (χ4v) is 1.52. The number of hydrogen-bond acceptors (Lipinski definition) is 3. The lowest BCUT2D eigenvalue weighted by Gasteiger charge is -1.96. The molecule has 2 heterocycles. The zero-order valence-corrected chi connectivity index (χ0v) is 9.90. The largest absolute Gasteiger partial charge is 1.00 e. The molecule has 2 rings (SSSR count). The van der Waals surface area contributed by atoms with Crippen LogP contribution in [0.25, 0.3) is 0 Å². The lowest BCUT2D eigenvalue weighted by molar-refractivity contribution is -0.688. The van der Waals surface area contributed by atoms with E-state index < -0.39 is 0 Å².